The number of aliphatic hydroxyl groups excluding tert-OH is 1. The summed E-state index contributed by atoms with van der Waals surface area (Å²) in [7, 11) is 0. The van der Waals surface area contributed by atoms with E-state index in [1.54, 1.807) is 18.2 Å². The number of nitrogens with one attached hydrogen (secondary N) is 1. The minimum atomic E-state index is -4.66. The standard InChI is InChI=1S/C22H25F4NO2/c23-17-9-11-18(12-10-17)29-19-8-4-7-16(13-19)21(15-5-2-1-3-6-15)27-14-20(28)22(24,25)26/h4,7-13,15,20-21,27-28H,1-3,5-6,14H2. The topological polar surface area (TPSA) is 41.5 Å². The first-order valence-electron chi connectivity index (χ1n) is 9.84. The molecule has 0 aliphatic heterocycles. The van der Waals surface area contributed by atoms with E-state index in [9.17, 15) is 22.7 Å². The molecule has 0 aromatic heterocycles. The van der Waals surface area contributed by atoms with Gasteiger partial charge in [-0.15, -0.1) is 0 Å². The molecule has 2 N–H and O–H groups in total. The van der Waals surface area contributed by atoms with Gasteiger partial charge in [0.2, 0.25) is 0 Å². The fourth-order valence-corrected chi connectivity index (χ4v) is 3.79. The zero-order valence-corrected chi connectivity index (χ0v) is 16.0. The van der Waals surface area contributed by atoms with Crippen LogP contribution in [-0.2, 0) is 0 Å². The normalized spacial score (nSPS) is 17.7. The van der Waals surface area contributed by atoms with Crippen molar-refractivity contribution >= 4 is 0 Å². The second-order valence-electron chi connectivity index (χ2n) is 7.47. The van der Waals surface area contributed by atoms with Crippen molar-refractivity contribution in [1.82, 2.24) is 5.32 Å². The maximum atomic E-state index is 13.1. The highest BCUT2D eigenvalue weighted by atomic mass is 19.4. The summed E-state index contributed by atoms with van der Waals surface area (Å²) in [6.07, 6.45) is -2.02. The van der Waals surface area contributed by atoms with Gasteiger partial charge in [-0.05, 0) is 60.7 Å². The molecule has 2 aromatic carbocycles. The molecular weight excluding hydrogens is 386 g/mol. The van der Waals surface area contributed by atoms with Gasteiger partial charge in [0, 0.05) is 12.6 Å². The summed E-state index contributed by atoms with van der Waals surface area (Å²) in [4.78, 5) is 0. The van der Waals surface area contributed by atoms with Crippen LogP contribution in [0, 0.1) is 11.7 Å². The lowest BCUT2D eigenvalue weighted by molar-refractivity contribution is -0.202. The van der Waals surface area contributed by atoms with Gasteiger partial charge in [-0.25, -0.2) is 4.39 Å². The number of benzene rings is 2. The van der Waals surface area contributed by atoms with Crippen LogP contribution in [0.15, 0.2) is 48.5 Å². The third-order valence-corrected chi connectivity index (χ3v) is 5.30. The SMILES string of the molecule is OC(CNC(c1cccc(Oc2ccc(F)cc2)c1)C1CCCCC1)C(F)(F)F. The Bertz CT molecular complexity index is 773. The Morgan fingerprint density at radius 1 is 1.00 bits per heavy atom. The number of halogens is 4. The number of aliphatic hydroxyl groups is 1. The van der Waals surface area contributed by atoms with Crippen molar-refractivity contribution in [2.45, 2.75) is 50.4 Å². The number of ether oxygens (including phenoxy) is 1. The highest BCUT2D eigenvalue weighted by Gasteiger charge is 2.38. The summed E-state index contributed by atoms with van der Waals surface area (Å²) >= 11 is 0. The van der Waals surface area contributed by atoms with Gasteiger partial charge in [-0.2, -0.15) is 13.2 Å². The van der Waals surface area contributed by atoms with Crippen LogP contribution < -0.4 is 10.1 Å². The first-order valence-corrected chi connectivity index (χ1v) is 9.84. The number of rotatable bonds is 7. The Labute approximate surface area is 167 Å². The Morgan fingerprint density at radius 3 is 2.34 bits per heavy atom. The average Bonchev–Trinajstić information content (AvgIpc) is 2.70. The van der Waals surface area contributed by atoms with Gasteiger partial charge in [-0.3, -0.25) is 0 Å². The first kappa shape index (κ1) is 21.6. The van der Waals surface area contributed by atoms with E-state index < -0.39 is 18.8 Å². The predicted molar refractivity (Wildman–Crippen MR) is 102 cm³/mol. The van der Waals surface area contributed by atoms with Crippen molar-refractivity contribution < 1.29 is 27.4 Å². The van der Waals surface area contributed by atoms with Gasteiger partial charge in [0.25, 0.3) is 0 Å². The molecule has 1 fully saturated rings. The van der Waals surface area contributed by atoms with Gasteiger partial charge in [0.1, 0.15) is 17.3 Å². The Hall–Kier alpha value is -2.12. The van der Waals surface area contributed by atoms with E-state index in [-0.39, 0.29) is 17.8 Å². The largest absolute Gasteiger partial charge is 0.457 e. The molecule has 7 heteroatoms. The summed E-state index contributed by atoms with van der Waals surface area (Å²) in [6.45, 7) is -0.562. The fourth-order valence-electron chi connectivity index (χ4n) is 3.79. The van der Waals surface area contributed by atoms with Crippen LogP contribution in [0.5, 0.6) is 11.5 Å². The molecule has 1 aliphatic rings. The maximum Gasteiger partial charge on any atom is 0.415 e. The zero-order valence-electron chi connectivity index (χ0n) is 16.0. The van der Waals surface area contributed by atoms with Crippen LogP contribution in [-0.4, -0.2) is 23.9 Å². The third kappa shape index (κ3) is 6.18. The van der Waals surface area contributed by atoms with Crippen molar-refractivity contribution in [3.8, 4) is 11.5 Å². The van der Waals surface area contributed by atoms with E-state index in [2.05, 4.69) is 5.32 Å². The molecule has 0 radical (unpaired) electrons. The van der Waals surface area contributed by atoms with Crippen LogP contribution in [0.2, 0.25) is 0 Å². The molecule has 29 heavy (non-hydrogen) atoms. The van der Waals surface area contributed by atoms with Crippen molar-refractivity contribution in [2.24, 2.45) is 5.92 Å². The second kappa shape index (κ2) is 9.59. The molecule has 0 spiro atoms. The summed E-state index contributed by atoms with van der Waals surface area (Å²) in [6, 6.07) is 12.5. The predicted octanol–water partition coefficient (Wildman–Crippen LogP) is 5.75. The van der Waals surface area contributed by atoms with E-state index in [4.69, 9.17) is 4.74 Å². The summed E-state index contributed by atoms with van der Waals surface area (Å²) < 4.78 is 57.1. The van der Waals surface area contributed by atoms with Crippen LogP contribution in [0.4, 0.5) is 17.6 Å². The van der Waals surface area contributed by atoms with Crippen molar-refractivity contribution in [2.75, 3.05) is 6.54 Å². The minimum absolute atomic E-state index is 0.185. The highest BCUT2D eigenvalue weighted by Crippen LogP contribution is 2.36. The molecule has 0 heterocycles. The molecule has 3 nitrogen and oxygen atoms in total. The summed E-state index contributed by atoms with van der Waals surface area (Å²) in [5.41, 5.74) is 0.811. The van der Waals surface area contributed by atoms with Crippen LogP contribution >= 0.6 is 0 Å². The van der Waals surface area contributed by atoms with Gasteiger partial charge >= 0.3 is 6.18 Å². The maximum absolute atomic E-state index is 13.1. The number of hydrogen-bond donors (Lipinski definition) is 2. The lowest BCUT2D eigenvalue weighted by atomic mass is 9.81. The quantitative estimate of drug-likeness (QED) is 0.570. The Morgan fingerprint density at radius 2 is 1.69 bits per heavy atom. The lowest BCUT2D eigenvalue weighted by Gasteiger charge is -2.32. The Balaban J connectivity index is 1.77. The van der Waals surface area contributed by atoms with E-state index in [0.29, 0.717) is 11.5 Å². The molecule has 1 saturated carbocycles. The molecule has 0 bridgehead atoms. The summed E-state index contributed by atoms with van der Waals surface area (Å²) in [5.74, 6) is 0.812. The molecule has 2 unspecified atom stereocenters. The average molecular weight is 411 g/mol. The van der Waals surface area contributed by atoms with Gasteiger partial charge in [0.05, 0.1) is 0 Å². The van der Waals surface area contributed by atoms with Crippen molar-refractivity contribution in [1.29, 1.82) is 0 Å². The van der Waals surface area contributed by atoms with Crippen LogP contribution in [0.25, 0.3) is 0 Å². The Kier molecular flexibility index (Phi) is 7.14. The van der Waals surface area contributed by atoms with Crippen molar-refractivity contribution in [3.63, 3.8) is 0 Å². The smallest absolute Gasteiger partial charge is 0.415 e. The minimum Gasteiger partial charge on any atom is -0.457 e. The molecule has 158 valence electrons. The molecule has 0 saturated heterocycles. The molecular formula is C22H25F4NO2. The van der Waals surface area contributed by atoms with Gasteiger partial charge < -0.3 is 15.2 Å². The number of hydrogen-bond acceptors (Lipinski definition) is 3. The molecule has 3 rings (SSSR count). The van der Waals surface area contributed by atoms with Crippen molar-refractivity contribution in [3.05, 3.63) is 59.9 Å². The lowest BCUT2D eigenvalue weighted by Crippen LogP contribution is -2.41. The zero-order chi connectivity index (χ0) is 20.9. The van der Waals surface area contributed by atoms with E-state index in [1.165, 1.54) is 24.3 Å². The number of alkyl halides is 3. The van der Waals surface area contributed by atoms with Gasteiger partial charge in [0.15, 0.2) is 6.10 Å². The first-order chi connectivity index (χ1) is 13.8. The molecule has 2 atom stereocenters. The third-order valence-electron chi connectivity index (χ3n) is 5.30. The van der Waals surface area contributed by atoms with E-state index in [1.807, 2.05) is 6.07 Å². The van der Waals surface area contributed by atoms with Gasteiger partial charge in [-0.1, -0.05) is 31.4 Å². The monoisotopic (exact) mass is 411 g/mol. The summed E-state index contributed by atoms with van der Waals surface area (Å²) in [5, 5.41) is 12.3. The van der Waals surface area contributed by atoms with Crippen LogP contribution in [0.1, 0.15) is 43.7 Å². The molecule has 2 aromatic rings. The fraction of sp³-hybridized carbons (Fsp3) is 0.455. The van der Waals surface area contributed by atoms with E-state index in [0.717, 1.165) is 37.7 Å². The highest BCUT2D eigenvalue weighted by molar-refractivity contribution is 5.35. The molecule has 0 amide bonds. The van der Waals surface area contributed by atoms with Crippen LogP contribution in [0.3, 0.4) is 0 Å². The second-order valence-corrected chi connectivity index (χ2v) is 7.47. The molecule has 1 aliphatic carbocycles. The van der Waals surface area contributed by atoms with E-state index >= 15 is 0 Å².